The molecular formula is C40H48FN5O5Si. The molecular weight excluding hydrogens is 678 g/mol. The SMILES string of the molecule is C[C@H]1[C@H]([Si](C)(C)F)[C@@H](CC(=O)N2Cc3ccccc3C[C@H]2CO)O[C@]12C(=O)N(C)c1ccc(N3CN(c4ccccc4)C4(CCNCC4)C3=O)cc12. The maximum Gasteiger partial charge on any atom is 0.264 e. The zero-order valence-electron chi connectivity index (χ0n) is 30.3. The van der Waals surface area contributed by atoms with E-state index in [4.69, 9.17) is 4.74 Å². The molecule has 5 atom stereocenters. The molecule has 10 nitrogen and oxygen atoms in total. The van der Waals surface area contributed by atoms with Crippen molar-refractivity contribution in [3.63, 3.8) is 0 Å². The van der Waals surface area contributed by atoms with Crippen LogP contribution in [0.3, 0.4) is 0 Å². The third kappa shape index (κ3) is 5.24. The Morgan fingerprint density at radius 3 is 2.37 bits per heavy atom. The summed E-state index contributed by atoms with van der Waals surface area (Å²) in [5.74, 6) is -1.08. The van der Waals surface area contributed by atoms with Crippen molar-refractivity contribution in [2.24, 2.45) is 5.92 Å². The summed E-state index contributed by atoms with van der Waals surface area (Å²) in [7, 11) is -1.83. The van der Waals surface area contributed by atoms with Gasteiger partial charge in [-0.2, -0.15) is 0 Å². The van der Waals surface area contributed by atoms with E-state index in [1.165, 1.54) is 0 Å². The molecule has 0 bridgehead atoms. The number of ether oxygens (including phenoxy) is 1. The van der Waals surface area contributed by atoms with Gasteiger partial charge >= 0.3 is 0 Å². The Bertz CT molecular complexity index is 1900. The lowest BCUT2D eigenvalue weighted by Crippen LogP contribution is -2.55. The zero-order chi connectivity index (χ0) is 36.6. The molecule has 3 aromatic rings. The number of para-hydroxylation sites is 1. The molecule has 0 unspecified atom stereocenters. The molecule has 52 heavy (non-hydrogen) atoms. The second-order valence-corrected chi connectivity index (χ2v) is 19.6. The molecule has 0 aliphatic carbocycles. The van der Waals surface area contributed by atoms with Crippen molar-refractivity contribution in [1.82, 2.24) is 10.2 Å². The van der Waals surface area contributed by atoms with E-state index in [-0.39, 0.29) is 30.7 Å². The van der Waals surface area contributed by atoms with Crippen LogP contribution in [0.25, 0.3) is 0 Å². The van der Waals surface area contributed by atoms with E-state index in [0.717, 1.165) is 29.9 Å². The van der Waals surface area contributed by atoms with Crippen molar-refractivity contribution < 1.29 is 28.3 Å². The Morgan fingerprint density at radius 2 is 1.67 bits per heavy atom. The largest absolute Gasteiger partial charge is 0.394 e. The first-order chi connectivity index (χ1) is 24.9. The minimum Gasteiger partial charge on any atom is -0.394 e. The molecule has 0 saturated carbocycles. The van der Waals surface area contributed by atoms with E-state index in [2.05, 4.69) is 10.2 Å². The van der Waals surface area contributed by atoms with Gasteiger partial charge in [-0.15, -0.1) is 0 Å². The number of aliphatic hydroxyl groups excluding tert-OH is 1. The fourth-order valence-electron chi connectivity index (χ4n) is 10.0. The summed E-state index contributed by atoms with van der Waals surface area (Å²) in [6, 6.07) is 23.2. The van der Waals surface area contributed by atoms with Gasteiger partial charge in [0.05, 0.1) is 37.5 Å². The van der Waals surface area contributed by atoms with E-state index in [9.17, 15) is 19.5 Å². The quantitative estimate of drug-likeness (QED) is 0.281. The van der Waals surface area contributed by atoms with E-state index >= 15 is 4.11 Å². The number of hydrogen-bond donors (Lipinski definition) is 2. The van der Waals surface area contributed by atoms with Crippen LogP contribution in [0.1, 0.15) is 42.9 Å². The average Bonchev–Trinajstić information content (AvgIpc) is 3.68. The molecule has 3 amide bonds. The van der Waals surface area contributed by atoms with Gasteiger partial charge in [-0.3, -0.25) is 19.3 Å². The van der Waals surface area contributed by atoms with Crippen molar-refractivity contribution in [1.29, 1.82) is 0 Å². The number of piperidine rings is 1. The molecule has 3 saturated heterocycles. The topological polar surface area (TPSA) is 106 Å². The molecule has 2 N–H and O–H groups in total. The lowest BCUT2D eigenvalue weighted by atomic mass is 9.82. The number of amides is 3. The van der Waals surface area contributed by atoms with Gasteiger partial charge in [-0.1, -0.05) is 49.4 Å². The number of rotatable bonds is 6. The van der Waals surface area contributed by atoms with Gasteiger partial charge in [-0.25, -0.2) is 0 Å². The highest BCUT2D eigenvalue weighted by atomic mass is 28.4. The second kappa shape index (κ2) is 12.8. The van der Waals surface area contributed by atoms with Crippen LogP contribution in [0, 0.1) is 5.92 Å². The molecule has 3 fully saturated rings. The summed E-state index contributed by atoms with van der Waals surface area (Å²) >= 11 is 0. The van der Waals surface area contributed by atoms with Gasteiger partial charge in [0.2, 0.25) is 14.3 Å². The highest BCUT2D eigenvalue weighted by Crippen LogP contribution is 2.60. The summed E-state index contributed by atoms with van der Waals surface area (Å²) in [4.78, 5) is 50.5. The van der Waals surface area contributed by atoms with Gasteiger partial charge in [0.15, 0.2) is 5.60 Å². The lowest BCUT2D eigenvalue weighted by Gasteiger charge is -2.39. The Labute approximate surface area is 305 Å². The fourth-order valence-corrected chi connectivity index (χ4v) is 12.5. The zero-order valence-corrected chi connectivity index (χ0v) is 31.3. The van der Waals surface area contributed by atoms with Gasteiger partial charge in [0.1, 0.15) is 5.54 Å². The summed E-state index contributed by atoms with van der Waals surface area (Å²) in [5, 5.41) is 13.7. The average molecular weight is 726 g/mol. The Hall–Kier alpha value is -4.10. The minimum atomic E-state index is -3.53. The number of nitrogens with one attached hydrogen (secondary N) is 1. The predicted octanol–water partition coefficient (Wildman–Crippen LogP) is 4.71. The summed E-state index contributed by atoms with van der Waals surface area (Å²) in [6.07, 6.45) is 0.916. The molecule has 274 valence electrons. The summed E-state index contributed by atoms with van der Waals surface area (Å²) < 4.78 is 23.4. The number of anilines is 3. The van der Waals surface area contributed by atoms with E-state index in [1.807, 2.05) is 84.6 Å². The number of carbonyl (C=O) groups excluding carboxylic acids is 3. The lowest BCUT2D eigenvalue weighted by molar-refractivity contribution is -0.150. The maximum absolute atomic E-state index is 16.6. The van der Waals surface area contributed by atoms with Crippen LogP contribution >= 0.6 is 0 Å². The Morgan fingerprint density at radius 1 is 0.981 bits per heavy atom. The molecule has 5 aliphatic rings. The third-order valence-corrected chi connectivity index (χ3v) is 15.0. The van der Waals surface area contributed by atoms with Crippen molar-refractivity contribution in [2.45, 2.75) is 81.1 Å². The van der Waals surface area contributed by atoms with Gasteiger partial charge in [0, 0.05) is 42.0 Å². The van der Waals surface area contributed by atoms with Crippen molar-refractivity contribution in [2.75, 3.05) is 48.1 Å². The Balaban J connectivity index is 1.15. The van der Waals surface area contributed by atoms with Crippen LogP contribution < -0.4 is 20.0 Å². The number of hydrogen-bond acceptors (Lipinski definition) is 7. The highest BCUT2D eigenvalue weighted by Gasteiger charge is 2.67. The van der Waals surface area contributed by atoms with Crippen LogP contribution in [-0.4, -0.2) is 87.2 Å². The molecule has 0 radical (unpaired) electrons. The Kier molecular flexibility index (Phi) is 8.60. The molecule has 5 heterocycles. The van der Waals surface area contributed by atoms with Crippen molar-refractivity contribution in [3.8, 4) is 0 Å². The first-order valence-electron chi connectivity index (χ1n) is 18.5. The van der Waals surface area contributed by atoms with E-state index in [1.54, 1.807) is 29.9 Å². The molecule has 0 aromatic heterocycles. The van der Waals surface area contributed by atoms with Crippen molar-refractivity contribution in [3.05, 3.63) is 89.5 Å². The van der Waals surface area contributed by atoms with Crippen LogP contribution in [0.15, 0.2) is 72.8 Å². The fraction of sp³-hybridized carbons (Fsp3) is 0.475. The molecule has 5 aliphatic heterocycles. The number of fused-ring (bicyclic) bond motifs is 3. The molecule has 3 aromatic carbocycles. The predicted molar refractivity (Wildman–Crippen MR) is 200 cm³/mol. The number of carbonyl (C=O) groups is 3. The molecule has 8 rings (SSSR count). The smallest absolute Gasteiger partial charge is 0.264 e. The van der Waals surface area contributed by atoms with Crippen LogP contribution in [0.4, 0.5) is 21.2 Å². The number of nitrogens with zero attached hydrogens (tertiary/aromatic N) is 4. The number of halogens is 1. The summed E-state index contributed by atoms with van der Waals surface area (Å²) in [6.45, 7) is 7.11. The molecule has 2 spiro atoms. The normalized spacial score (nSPS) is 28.3. The third-order valence-electron chi connectivity index (χ3n) is 12.6. The van der Waals surface area contributed by atoms with E-state index in [0.29, 0.717) is 49.4 Å². The molecule has 12 heteroatoms. The number of likely N-dealkylation sites (N-methyl/N-ethyl adjacent to an activating group) is 1. The first kappa shape index (κ1) is 35.0. The van der Waals surface area contributed by atoms with Gasteiger partial charge in [-0.05, 0) is 86.9 Å². The van der Waals surface area contributed by atoms with Crippen LogP contribution in [0.5, 0.6) is 0 Å². The second-order valence-electron chi connectivity index (χ2n) is 15.8. The van der Waals surface area contributed by atoms with Crippen LogP contribution in [-0.2, 0) is 37.7 Å². The van der Waals surface area contributed by atoms with Crippen molar-refractivity contribution >= 4 is 43.2 Å². The monoisotopic (exact) mass is 725 g/mol. The van der Waals surface area contributed by atoms with Crippen LogP contribution in [0.2, 0.25) is 18.6 Å². The van der Waals surface area contributed by atoms with Gasteiger partial charge in [0.25, 0.3) is 11.8 Å². The van der Waals surface area contributed by atoms with Gasteiger partial charge < -0.3 is 34.0 Å². The highest BCUT2D eigenvalue weighted by molar-refractivity contribution is 6.72. The summed E-state index contributed by atoms with van der Waals surface area (Å²) in [5.41, 5.74) is 2.14. The van der Waals surface area contributed by atoms with E-state index < -0.39 is 43.2 Å². The number of aliphatic hydroxyl groups is 1. The minimum absolute atomic E-state index is 0.0186. The number of benzene rings is 3. The standard InChI is InChI=1S/C40H48FN5O5Si/c1-26-36(52(3,4)41)34(22-35(48)44-23-28-11-9-8-10-27(28)20-31(44)24-47)51-40(26)32-21-30(14-15-33(32)43(2)38(40)50)45-25-46(29-12-6-5-7-13-29)39(37(45)49)16-18-42-19-17-39/h5-15,21,26,31,34,36,42,47H,16-20,22-25H2,1-4H3/t26-,31-,34+,36-,40+/m0/s1. The first-order valence-corrected chi connectivity index (χ1v) is 21.5. The maximum atomic E-state index is 16.6.